The third-order valence-electron chi connectivity index (χ3n) is 5.03. The van der Waals surface area contributed by atoms with Gasteiger partial charge in [-0.25, -0.2) is 4.98 Å². The Morgan fingerprint density at radius 3 is 2.41 bits per heavy atom. The number of nitrogens with one attached hydrogen (secondary N) is 1. The average molecular weight is 446 g/mol. The molecule has 0 aliphatic heterocycles. The van der Waals surface area contributed by atoms with Crippen molar-refractivity contribution in [3.05, 3.63) is 94.8 Å². The van der Waals surface area contributed by atoms with Gasteiger partial charge < -0.3 is 14.8 Å². The van der Waals surface area contributed by atoms with Gasteiger partial charge in [-0.2, -0.15) is 0 Å². The van der Waals surface area contributed by atoms with Crippen LogP contribution in [-0.4, -0.2) is 30.1 Å². The van der Waals surface area contributed by atoms with E-state index in [1.807, 2.05) is 73.7 Å². The van der Waals surface area contributed by atoms with Gasteiger partial charge in [0.2, 0.25) is 0 Å². The van der Waals surface area contributed by atoms with Crippen molar-refractivity contribution < 1.29 is 14.3 Å². The number of ether oxygens (including phenoxy) is 2. The molecule has 0 aliphatic carbocycles. The van der Waals surface area contributed by atoms with Gasteiger partial charge in [0.1, 0.15) is 9.88 Å². The lowest BCUT2D eigenvalue weighted by atomic mass is 10.0. The summed E-state index contributed by atoms with van der Waals surface area (Å²) in [5, 5.41) is 3.88. The lowest BCUT2D eigenvalue weighted by molar-refractivity contribution is 0.0945. The summed E-state index contributed by atoms with van der Waals surface area (Å²) in [7, 11) is 3.19. The Morgan fingerprint density at radius 2 is 1.72 bits per heavy atom. The highest BCUT2D eigenvalue weighted by atomic mass is 32.1. The number of aryl methyl sites for hydroxylation is 1. The number of benzene rings is 2. The van der Waals surface area contributed by atoms with Gasteiger partial charge in [0.05, 0.1) is 31.6 Å². The van der Waals surface area contributed by atoms with E-state index in [4.69, 9.17) is 9.47 Å². The van der Waals surface area contributed by atoms with Crippen LogP contribution >= 0.6 is 11.3 Å². The van der Waals surface area contributed by atoms with Crippen LogP contribution in [0, 0.1) is 6.92 Å². The van der Waals surface area contributed by atoms with Gasteiger partial charge in [-0.1, -0.05) is 36.4 Å². The molecule has 2 aromatic carbocycles. The van der Waals surface area contributed by atoms with Gasteiger partial charge in [-0.05, 0) is 42.8 Å². The van der Waals surface area contributed by atoms with E-state index in [2.05, 4.69) is 15.3 Å². The molecule has 0 spiro atoms. The molecule has 2 heterocycles. The average Bonchev–Trinajstić information content (AvgIpc) is 3.24. The van der Waals surface area contributed by atoms with Crippen molar-refractivity contribution in [2.24, 2.45) is 0 Å². The predicted molar refractivity (Wildman–Crippen MR) is 125 cm³/mol. The molecule has 0 fully saturated rings. The van der Waals surface area contributed by atoms with Gasteiger partial charge in [0, 0.05) is 11.8 Å². The Balaban J connectivity index is 1.64. The maximum Gasteiger partial charge on any atom is 0.264 e. The third-order valence-corrected chi connectivity index (χ3v) is 6.23. The van der Waals surface area contributed by atoms with Crippen LogP contribution in [0.15, 0.2) is 72.9 Å². The highest BCUT2D eigenvalue weighted by molar-refractivity contribution is 7.17. The Hall–Kier alpha value is -3.71. The largest absolute Gasteiger partial charge is 0.493 e. The fraction of sp³-hybridized carbons (Fsp3) is 0.160. The predicted octanol–water partition coefficient (Wildman–Crippen LogP) is 5.05. The van der Waals surface area contributed by atoms with Gasteiger partial charge in [-0.3, -0.25) is 9.78 Å². The van der Waals surface area contributed by atoms with Crippen molar-refractivity contribution in [2.75, 3.05) is 14.2 Å². The van der Waals surface area contributed by atoms with E-state index in [0.29, 0.717) is 22.1 Å². The van der Waals surface area contributed by atoms with Crippen molar-refractivity contribution in [3.8, 4) is 22.1 Å². The molecule has 1 atom stereocenters. The summed E-state index contributed by atoms with van der Waals surface area (Å²) in [5.74, 6) is 1.07. The fourth-order valence-electron chi connectivity index (χ4n) is 3.42. The third kappa shape index (κ3) is 4.48. The quantitative estimate of drug-likeness (QED) is 0.431. The summed E-state index contributed by atoms with van der Waals surface area (Å²) < 4.78 is 10.7. The lowest BCUT2D eigenvalue weighted by Crippen LogP contribution is -2.29. The summed E-state index contributed by atoms with van der Waals surface area (Å²) in [6.07, 6.45) is 1.73. The van der Waals surface area contributed by atoms with Crippen LogP contribution in [0.5, 0.6) is 11.5 Å². The van der Waals surface area contributed by atoms with E-state index in [0.717, 1.165) is 21.8 Å². The minimum absolute atomic E-state index is 0.189. The monoisotopic (exact) mass is 445 g/mol. The number of carbonyl (C=O) groups excluding carboxylic acids is 1. The van der Waals surface area contributed by atoms with E-state index < -0.39 is 0 Å². The molecule has 1 amide bonds. The number of methoxy groups -OCH3 is 2. The molecule has 0 radical (unpaired) electrons. The molecular formula is C25H23N3O3S. The summed E-state index contributed by atoms with van der Waals surface area (Å²) >= 11 is 1.35. The number of rotatable bonds is 7. The second-order valence-corrected chi connectivity index (χ2v) is 8.07. The molecule has 2 aromatic heterocycles. The molecule has 1 unspecified atom stereocenters. The number of thiazole rings is 1. The first-order valence-electron chi connectivity index (χ1n) is 10.1. The van der Waals surface area contributed by atoms with Crippen LogP contribution in [0.3, 0.4) is 0 Å². The zero-order chi connectivity index (χ0) is 22.5. The molecule has 0 bridgehead atoms. The number of aromatic nitrogens is 2. The first-order valence-corrected chi connectivity index (χ1v) is 10.9. The summed E-state index contributed by atoms with van der Waals surface area (Å²) in [6, 6.07) is 20.7. The molecule has 4 rings (SSSR count). The van der Waals surface area contributed by atoms with E-state index in [1.165, 1.54) is 11.3 Å². The second-order valence-electron chi connectivity index (χ2n) is 7.08. The van der Waals surface area contributed by atoms with Crippen LogP contribution in [0.2, 0.25) is 0 Å². The molecule has 4 aromatic rings. The minimum atomic E-state index is -0.365. The Morgan fingerprint density at radius 1 is 0.969 bits per heavy atom. The van der Waals surface area contributed by atoms with Crippen LogP contribution in [0.25, 0.3) is 10.6 Å². The standard InChI is InChI=1S/C25H23N3O3S/c1-16-23(32-25(27-16)18-12-13-20(30-2)21(15-18)31-3)24(29)28-22(17-9-5-4-6-10-17)19-11-7-8-14-26-19/h4-15,22H,1-3H3,(H,28,29). The van der Waals surface area contributed by atoms with E-state index in [-0.39, 0.29) is 11.9 Å². The van der Waals surface area contributed by atoms with Crippen molar-refractivity contribution in [1.82, 2.24) is 15.3 Å². The summed E-state index contributed by atoms with van der Waals surface area (Å²) in [5.41, 5.74) is 3.26. The number of carbonyl (C=O) groups is 1. The zero-order valence-corrected chi connectivity index (χ0v) is 18.8. The number of amides is 1. The molecule has 7 heteroatoms. The van der Waals surface area contributed by atoms with E-state index in [1.54, 1.807) is 20.4 Å². The number of hydrogen-bond donors (Lipinski definition) is 1. The zero-order valence-electron chi connectivity index (χ0n) is 18.0. The Labute approximate surface area is 190 Å². The van der Waals surface area contributed by atoms with Crippen LogP contribution in [-0.2, 0) is 0 Å². The smallest absolute Gasteiger partial charge is 0.264 e. The van der Waals surface area contributed by atoms with Crippen molar-refractivity contribution in [1.29, 1.82) is 0 Å². The maximum absolute atomic E-state index is 13.3. The van der Waals surface area contributed by atoms with E-state index >= 15 is 0 Å². The fourth-order valence-corrected chi connectivity index (χ4v) is 4.38. The molecule has 6 nitrogen and oxygen atoms in total. The highest BCUT2D eigenvalue weighted by Crippen LogP contribution is 2.35. The van der Waals surface area contributed by atoms with Crippen LogP contribution < -0.4 is 14.8 Å². The normalized spacial score (nSPS) is 11.6. The number of pyridine rings is 1. The maximum atomic E-state index is 13.3. The molecule has 0 saturated heterocycles. The van der Waals surface area contributed by atoms with Crippen molar-refractivity contribution in [2.45, 2.75) is 13.0 Å². The molecule has 0 aliphatic rings. The first-order chi connectivity index (χ1) is 15.6. The van der Waals surface area contributed by atoms with Gasteiger partial charge >= 0.3 is 0 Å². The van der Waals surface area contributed by atoms with Gasteiger partial charge in [-0.15, -0.1) is 11.3 Å². The summed E-state index contributed by atoms with van der Waals surface area (Å²) in [4.78, 5) is 22.9. The van der Waals surface area contributed by atoms with Crippen LogP contribution in [0.4, 0.5) is 0 Å². The van der Waals surface area contributed by atoms with Crippen molar-refractivity contribution >= 4 is 17.2 Å². The van der Waals surface area contributed by atoms with E-state index in [9.17, 15) is 4.79 Å². The van der Waals surface area contributed by atoms with Crippen molar-refractivity contribution in [3.63, 3.8) is 0 Å². The molecule has 32 heavy (non-hydrogen) atoms. The molecule has 0 saturated carbocycles. The Kier molecular flexibility index (Phi) is 6.47. The first kappa shape index (κ1) is 21.5. The molecular weight excluding hydrogens is 422 g/mol. The molecule has 162 valence electrons. The van der Waals surface area contributed by atoms with Crippen LogP contribution in [0.1, 0.15) is 32.7 Å². The SMILES string of the molecule is COc1ccc(-c2nc(C)c(C(=O)NC(c3ccccc3)c3ccccn3)s2)cc1OC. The minimum Gasteiger partial charge on any atom is -0.493 e. The number of nitrogens with zero attached hydrogens (tertiary/aromatic N) is 2. The molecule has 1 N–H and O–H groups in total. The number of hydrogen-bond acceptors (Lipinski definition) is 6. The second kappa shape index (κ2) is 9.62. The van der Waals surface area contributed by atoms with Gasteiger partial charge in [0.15, 0.2) is 11.5 Å². The Bertz CT molecular complexity index is 1170. The van der Waals surface area contributed by atoms with Gasteiger partial charge in [0.25, 0.3) is 5.91 Å². The highest BCUT2D eigenvalue weighted by Gasteiger charge is 2.23. The topological polar surface area (TPSA) is 73.3 Å². The summed E-state index contributed by atoms with van der Waals surface area (Å²) in [6.45, 7) is 1.84. The lowest BCUT2D eigenvalue weighted by Gasteiger charge is -2.18.